The van der Waals surface area contributed by atoms with Crippen LogP contribution in [0.1, 0.15) is 90.0 Å². The van der Waals surface area contributed by atoms with Gasteiger partial charge in [0, 0.05) is 84.7 Å². The first kappa shape index (κ1) is 52.2. The number of halogens is 8. The van der Waals surface area contributed by atoms with Crippen LogP contribution in [0.5, 0.6) is 0 Å². The third-order valence-electron chi connectivity index (χ3n) is 13.8. The standard InChI is InChI=1S/C44H60Cl2F6N6O7S/c1-24(2)16-31-38(61)56(4)34(18-26-17-27(45)12-13-30(26)46)39(62)57-14-7-8-29(57)21-66(65)15-6-5-9-32(36(59)53-31)55(3)40(63)35(25-10-11-25)54-37(60)33-19-28(47)20-58(33)41(64)42(44(50,51)52)22-43(48,49)23-42/h12-13,17,24-25,28-29,31-35,37,54,60H,5-11,14-16,18-23H2,1-4H3,(H,53,59)/t28-,29+,31-,32-,33?,34-,35-,37+,66?/m0/s1. The van der Waals surface area contributed by atoms with Crippen LogP contribution in [-0.4, -0.2) is 158 Å². The monoisotopic (exact) mass is 1000 g/mol. The van der Waals surface area contributed by atoms with Crippen LogP contribution in [0.25, 0.3) is 0 Å². The van der Waals surface area contributed by atoms with Gasteiger partial charge in [-0.3, -0.25) is 33.5 Å². The molecule has 66 heavy (non-hydrogen) atoms. The molecule has 0 bridgehead atoms. The molecule has 3 aliphatic heterocycles. The van der Waals surface area contributed by atoms with Crippen LogP contribution in [-0.2, 0) is 41.2 Å². The summed E-state index contributed by atoms with van der Waals surface area (Å²) in [5.74, 6) is -8.10. The molecule has 5 fully saturated rings. The van der Waals surface area contributed by atoms with E-state index in [0.717, 1.165) is 4.90 Å². The highest BCUT2D eigenvalue weighted by atomic mass is 35.5. The number of aliphatic hydroxyl groups is 1. The Morgan fingerprint density at radius 1 is 1.05 bits per heavy atom. The molecule has 2 unspecified atom stereocenters. The Balaban J connectivity index is 1.26. The lowest BCUT2D eigenvalue weighted by Crippen LogP contribution is -2.65. The Labute approximate surface area is 393 Å². The molecule has 5 amide bonds. The van der Waals surface area contributed by atoms with Crippen LogP contribution >= 0.6 is 23.2 Å². The number of carbonyl (C=O) groups is 5. The zero-order chi connectivity index (χ0) is 48.6. The Morgan fingerprint density at radius 2 is 1.73 bits per heavy atom. The van der Waals surface area contributed by atoms with Gasteiger partial charge in [-0.25, -0.2) is 13.2 Å². The van der Waals surface area contributed by atoms with Crippen LogP contribution in [0, 0.1) is 17.3 Å². The molecule has 13 nitrogen and oxygen atoms in total. The molecule has 0 aromatic heterocycles. The number of amides is 5. The van der Waals surface area contributed by atoms with Crippen LogP contribution in [0.4, 0.5) is 26.3 Å². The molecule has 3 heterocycles. The number of nitrogens with zero attached hydrogens (tertiary/aromatic N) is 4. The van der Waals surface area contributed by atoms with E-state index in [1.807, 2.05) is 13.8 Å². The van der Waals surface area contributed by atoms with Gasteiger partial charge in [-0.2, -0.15) is 13.2 Å². The summed E-state index contributed by atoms with van der Waals surface area (Å²) in [6.07, 6.45) is -10.4. The van der Waals surface area contributed by atoms with Gasteiger partial charge < -0.3 is 30.0 Å². The van der Waals surface area contributed by atoms with Crippen molar-refractivity contribution in [2.24, 2.45) is 17.3 Å². The highest BCUT2D eigenvalue weighted by Gasteiger charge is 2.75. The van der Waals surface area contributed by atoms with Crippen LogP contribution < -0.4 is 10.6 Å². The number of hydrogen-bond acceptors (Lipinski definition) is 8. The number of likely N-dealkylation sites (tertiary alicyclic amines) is 1. The molecule has 1 aromatic carbocycles. The first-order valence-electron chi connectivity index (χ1n) is 22.6. The van der Waals surface area contributed by atoms with E-state index >= 15 is 0 Å². The Bertz CT molecular complexity index is 2010. The van der Waals surface area contributed by atoms with Crippen molar-refractivity contribution >= 4 is 63.5 Å². The minimum absolute atomic E-state index is 0.0196. The summed E-state index contributed by atoms with van der Waals surface area (Å²) < 4.78 is 98.9. The largest absolute Gasteiger partial charge is 0.403 e. The van der Waals surface area contributed by atoms with Gasteiger partial charge in [0.1, 0.15) is 30.5 Å². The lowest BCUT2D eigenvalue weighted by molar-refractivity contribution is -0.299. The summed E-state index contributed by atoms with van der Waals surface area (Å²) in [5, 5.41) is 17.7. The predicted octanol–water partition coefficient (Wildman–Crippen LogP) is 5.25. The highest BCUT2D eigenvalue weighted by molar-refractivity contribution is 7.85. The molecule has 6 rings (SSSR count). The van der Waals surface area contributed by atoms with Crippen LogP contribution in [0.3, 0.4) is 0 Å². The van der Waals surface area contributed by atoms with Crippen molar-refractivity contribution in [3.05, 3.63) is 33.8 Å². The molecular formula is C44H60Cl2F6N6O7S. The maximum absolute atomic E-state index is 14.9. The first-order chi connectivity index (χ1) is 30.8. The molecule has 1 aromatic rings. The third-order valence-corrected chi connectivity index (χ3v) is 15.9. The van der Waals surface area contributed by atoms with E-state index in [-0.39, 0.29) is 48.6 Å². The third kappa shape index (κ3) is 11.6. The maximum atomic E-state index is 14.9. The van der Waals surface area contributed by atoms with Gasteiger partial charge in [0.15, 0.2) is 5.41 Å². The second-order valence-electron chi connectivity index (χ2n) is 19.3. The van der Waals surface area contributed by atoms with Gasteiger partial charge in [0.25, 0.3) is 5.92 Å². The highest BCUT2D eigenvalue weighted by Crippen LogP contribution is 2.61. The van der Waals surface area contributed by atoms with Gasteiger partial charge in [-0.1, -0.05) is 37.0 Å². The molecule has 22 heteroatoms. The van der Waals surface area contributed by atoms with Crippen molar-refractivity contribution in [3.8, 4) is 0 Å². The van der Waals surface area contributed by atoms with Gasteiger partial charge in [-0.15, -0.1) is 0 Å². The number of fused-ring (bicyclic) bond motifs is 1. The summed E-state index contributed by atoms with van der Waals surface area (Å²) >= 11 is 12.9. The number of alkyl halides is 6. The summed E-state index contributed by atoms with van der Waals surface area (Å²) in [6.45, 7) is 3.22. The van der Waals surface area contributed by atoms with E-state index in [1.165, 1.54) is 19.0 Å². The van der Waals surface area contributed by atoms with E-state index in [9.17, 15) is 59.6 Å². The Hall–Kier alpha value is -3.20. The first-order valence-corrected chi connectivity index (χ1v) is 24.9. The predicted molar refractivity (Wildman–Crippen MR) is 234 cm³/mol. The van der Waals surface area contributed by atoms with Crippen LogP contribution in [0.2, 0.25) is 10.0 Å². The fourth-order valence-corrected chi connectivity index (χ4v) is 11.8. The Kier molecular flexibility index (Phi) is 16.4. The molecule has 2 saturated carbocycles. The number of carbonyl (C=O) groups excluding carboxylic acids is 5. The van der Waals surface area contributed by atoms with E-state index < -0.39 is 126 Å². The zero-order valence-corrected chi connectivity index (χ0v) is 39.8. The number of likely N-dealkylation sites (N-methyl/N-ethyl adjacent to an activating group) is 2. The topological polar surface area (TPSA) is 160 Å². The summed E-state index contributed by atoms with van der Waals surface area (Å²) in [4.78, 5) is 76.2. The lowest BCUT2D eigenvalue weighted by Gasteiger charge is -2.49. The molecule has 5 aliphatic rings. The number of nitrogens with one attached hydrogen (secondary N) is 2. The molecule has 370 valence electrons. The molecule has 0 radical (unpaired) electrons. The van der Waals surface area contributed by atoms with Crippen LogP contribution in [0.15, 0.2) is 18.2 Å². The quantitative estimate of drug-likeness (QED) is 0.201. The number of benzene rings is 1. The normalized spacial score (nSPS) is 29.9. The van der Waals surface area contributed by atoms with E-state index in [4.69, 9.17) is 23.2 Å². The van der Waals surface area contributed by atoms with Crippen molar-refractivity contribution in [2.75, 3.05) is 38.7 Å². The summed E-state index contributed by atoms with van der Waals surface area (Å²) in [5.41, 5.74) is -2.95. The van der Waals surface area contributed by atoms with Gasteiger partial charge in [-0.05, 0) is 87.0 Å². The van der Waals surface area contributed by atoms with E-state index in [2.05, 4.69) is 10.6 Å². The van der Waals surface area contributed by atoms with E-state index in [1.54, 1.807) is 23.1 Å². The molecule has 2 aliphatic carbocycles. The molecule has 0 spiro atoms. The maximum Gasteiger partial charge on any atom is 0.403 e. The molecule has 3 saturated heterocycles. The number of hydrogen-bond donors (Lipinski definition) is 3. The lowest BCUT2D eigenvalue weighted by atomic mass is 9.64. The van der Waals surface area contributed by atoms with E-state index in [0.29, 0.717) is 65.6 Å². The minimum Gasteiger partial charge on any atom is -0.376 e. The summed E-state index contributed by atoms with van der Waals surface area (Å²) in [7, 11) is 1.43. The smallest absolute Gasteiger partial charge is 0.376 e. The second-order valence-corrected chi connectivity index (χ2v) is 21.7. The average molecular weight is 1000 g/mol. The van der Waals surface area contributed by atoms with Gasteiger partial charge in [0.2, 0.25) is 29.5 Å². The number of aliphatic hydroxyl groups excluding tert-OH is 1. The van der Waals surface area contributed by atoms with Crippen molar-refractivity contribution in [1.29, 1.82) is 0 Å². The van der Waals surface area contributed by atoms with Gasteiger partial charge in [0.05, 0.1) is 18.6 Å². The molecule has 3 N–H and O–H groups in total. The molecule has 9 atom stereocenters. The van der Waals surface area contributed by atoms with Crippen molar-refractivity contribution in [2.45, 2.75) is 152 Å². The minimum atomic E-state index is -5.38. The van der Waals surface area contributed by atoms with Crippen molar-refractivity contribution in [1.82, 2.24) is 30.2 Å². The molecular weight excluding hydrogens is 941 g/mol. The fraction of sp³-hybridized carbons (Fsp3) is 0.750. The zero-order valence-electron chi connectivity index (χ0n) is 37.4. The number of rotatable bonds is 11. The average Bonchev–Trinajstić information content (AvgIpc) is 3.84. The second kappa shape index (κ2) is 20.8. The Morgan fingerprint density at radius 3 is 2.35 bits per heavy atom. The van der Waals surface area contributed by atoms with Crippen molar-refractivity contribution < 1.29 is 59.6 Å². The summed E-state index contributed by atoms with van der Waals surface area (Å²) in [6, 6.07) is -2.00. The van der Waals surface area contributed by atoms with Crippen molar-refractivity contribution in [3.63, 3.8) is 0 Å². The SMILES string of the molecule is CC(C)C[C@@H]1NC(=O)[C@@H](N(C)C(=O)[C@@H](N[C@H](O)C2C[C@H](F)CN2C(=O)C2(C(F)(F)F)CC(F)(F)C2)C2CC2)CCCCS(=O)C[C@H]2CCCN2C(=O)[C@H](Cc2cc(Cl)ccc2Cl)N(C)C1=O. The van der Waals surface area contributed by atoms with Gasteiger partial charge >= 0.3 is 6.18 Å². The fourth-order valence-electron chi connectivity index (χ4n) is 9.98.